The van der Waals surface area contributed by atoms with Crippen molar-refractivity contribution in [3.05, 3.63) is 0 Å². The molecule has 2 N–H and O–H groups in total. The molecule has 19 heavy (non-hydrogen) atoms. The van der Waals surface area contributed by atoms with Gasteiger partial charge in [0.25, 0.3) is 5.91 Å². The molecule has 0 radical (unpaired) electrons. The Morgan fingerprint density at radius 3 is 2.74 bits per heavy atom. The number of ether oxygens (including phenoxy) is 1. The van der Waals surface area contributed by atoms with Crippen LogP contribution in [0.1, 0.15) is 32.1 Å². The molecule has 5 heteroatoms. The average molecular weight is 267 g/mol. The second-order valence-electron chi connectivity index (χ2n) is 6.18. The number of nitrogens with two attached hydrogens (primary N) is 1. The fourth-order valence-corrected chi connectivity index (χ4v) is 3.77. The molecule has 3 aliphatic rings. The van der Waals surface area contributed by atoms with Crippen molar-refractivity contribution in [1.29, 1.82) is 0 Å². The number of nitrogens with zero attached hydrogens (tertiary/aromatic N) is 2. The Bertz CT molecular complexity index is 350. The van der Waals surface area contributed by atoms with Crippen LogP contribution in [-0.4, -0.2) is 66.7 Å². The van der Waals surface area contributed by atoms with Gasteiger partial charge in [-0.3, -0.25) is 9.69 Å². The third-order valence-corrected chi connectivity index (χ3v) is 5.11. The fourth-order valence-electron chi connectivity index (χ4n) is 3.77. The number of likely N-dealkylation sites (tertiary alicyclic amines) is 1. The Morgan fingerprint density at radius 1 is 1.21 bits per heavy atom. The van der Waals surface area contributed by atoms with Crippen LogP contribution in [0.4, 0.5) is 0 Å². The average Bonchev–Trinajstić information content (AvgIpc) is 2.95. The standard InChI is InChI=1S/C14H25N3O2/c1-16-10-2-3-11(16)9-17(7-6-10)14(18)13-5-4-12(8-15)19-13/h10-13H,2-9,15H2,1H3. The first-order chi connectivity index (χ1) is 9.19. The number of carbonyl (C=O) groups excluding carboxylic acids is 1. The molecule has 3 heterocycles. The van der Waals surface area contributed by atoms with Crippen molar-refractivity contribution in [3.8, 4) is 0 Å². The summed E-state index contributed by atoms with van der Waals surface area (Å²) in [7, 11) is 2.20. The van der Waals surface area contributed by atoms with Crippen LogP contribution in [0.3, 0.4) is 0 Å². The van der Waals surface area contributed by atoms with Crippen molar-refractivity contribution in [2.75, 3.05) is 26.7 Å². The predicted octanol–water partition coefficient (Wildman–Crippen LogP) is 0.188. The minimum atomic E-state index is -0.240. The van der Waals surface area contributed by atoms with Crippen LogP contribution in [-0.2, 0) is 9.53 Å². The maximum Gasteiger partial charge on any atom is 0.251 e. The van der Waals surface area contributed by atoms with Crippen molar-refractivity contribution in [2.24, 2.45) is 5.73 Å². The van der Waals surface area contributed by atoms with Crippen LogP contribution in [0.15, 0.2) is 0 Å². The van der Waals surface area contributed by atoms with Crippen molar-refractivity contribution >= 4 is 5.91 Å². The van der Waals surface area contributed by atoms with E-state index in [1.807, 2.05) is 4.90 Å². The lowest BCUT2D eigenvalue weighted by molar-refractivity contribution is -0.143. The lowest BCUT2D eigenvalue weighted by Crippen LogP contribution is -2.44. The summed E-state index contributed by atoms with van der Waals surface area (Å²) in [5, 5.41) is 0. The van der Waals surface area contributed by atoms with Gasteiger partial charge in [-0.05, 0) is 39.2 Å². The number of hydrogen-bond donors (Lipinski definition) is 1. The largest absolute Gasteiger partial charge is 0.364 e. The Labute approximate surface area is 115 Å². The highest BCUT2D eigenvalue weighted by Crippen LogP contribution is 2.29. The quantitative estimate of drug-likeness (QED) is 0.776. The number of carbonyl (C=O) groups is 1. The van der Waals surface area contributed by atoms with E-state index in [4.69, 9.17) is 10.5 Å². The zero-order valence-corrected chi connectivity index (χ0v) is 11.8. The van der Waals surface area contributed by atoms with Crippen molar-refractivity contribution in [2.45, 2.75) is 56.4 Å². The van der Waals surface area contributed by atoms with Crippen molar-refractivity contribution in [3.63, 3.8) is 0 Å². The molecule has 3 fully saturated rings. The highest BCUT2D eigenvalue weighted by atomic mass is 16.5. The highest BCUT2D eigenvalue weighted by molar-refractivity contribution is 5.81. The molecule has 3 saturated heterocycles. The number of fused-ring (bicyclic) bond motifs is 2. The van der Waals surface area contributed by atoms with Gasteiger partial charge in [0.05, 0.1) is 6.10 Å². The second-order valence-corrected chi connectivity index (χ2v) is 6.18. The number of likely N-dealkylation sites (N-methyl/N-ethyl adjacent to an activating group) is 1. The molecule has 0 aromatic carbocycles. The molecule has 3 rings (SSSR count). The molecule has 0 aliphatic carbocycles. The highest BCUT2D eigenvalue weighted by Gasteiger charge is 2.39. The van der Waals surface area contributed by atoms with E-state index in [0.29, 0.717) is 18.6 Å². The number of rotatable bonds is 2. The van der Waals surface area contributed by atoms with E-state index in [0.717, 1.165) is 32.4 Å². The normalized spacial score (nSPS) is 39.6. The van der Waals surface area contributed by atoms with Crippen LogP contribution in [0.2, 0.25) is 0 Å². The summed E-state index contributed by atoms with van der Waals surface area (Å²) >= 11 is 0. The summed E-state index contributed by atoms with van der Waals surface area (Å²) < 4.78 is 5.74. The van der Waals surface area contributed by atoms with E-state index in [2.05, 4.69) is 11.9 Å². The van der Waals surface area contributed by atoms with Crippen LogP contribution in [0.25, 0.3) is 0 Å². The third-order valence-electron chi connectivity index (χ3n) is 5.11. The molecule has 4 atom stereocenters. The summed E-state index contributed by atoms with van der Waals surface area (Å²) in [5.41, 5.74) is 5.61. The predicted molar refractivity (Wildman–Crippen MR) is 72.7 cm³/mol. The minimum absolute atomic E-state index is 0.0834. The monoisotopic (exact) mass is 267 g/mol. The summed E-state index contributed by atoms with van der Waals surface area (Å²) in [4.78, 5) is 17.0. The van der Waals surface area contributed by atoms with Crippen LogP contribution < -0.4 is 5.73 Å². The first-order valence-corrected chi connectivity index (χ1v) is 7.55. The van der Waals surface area contributed by atoms with Gasteiger partial charge in [-0.1, -0.05) is 0 Å². The summed E-state index contributed by atoms with van der Waals surface area (Å²) in [6, 6.07) is 1.22. The van der Waals surface area contributed by atoms with E-state index >= 15 is 0 Å². The first-order valence-electron chi connectivity index (χ1n) is 7.55. The minimum Gasteiger partial charge on any atom is -0.364 e. The molecule has 0 spiro atoms. The summed E-state index contributed by atoms with van der Waals surface area (Å²) in [6.07, 6.45) is 5.22. The molecular formula is C14H25N3O2. The Morgan fingerprint density at radius 2 is 2.00 bits per heavy atom. The number of amides is 1. The smallest absolute Gasteiger partial charge is 0.251 e. The Hall–Kier alpha value is -0.650. The Kier molecular flexibility index (Phi) is 3.78. The molecule has 5 nitrogen and oxygen atoms in total. The third kappa shape index (κ3) is 2.51. The first kappa shape index (κ1) is 13.3. The topological polar surface area (TPSA) is 58.8 Å². The second kappa shape index (κ2) is 5.38. The van der Waals surface area contributed by atoms with Crippen molar-refractivity contribution in [1.82, 2.24) is 9.80 Å². The zero-order valence-electron chi connectivity index (χ0n) is 11.8. The maximum atomic E-state index is 12.5. The van der Waals surface area contributed by atoms with Gasteiger partial charge in [0.2, 0.25) is 0 Å². The molecule has 2 bridgehead atoms. The SMILES string of the molecule is CN1C2CCC1CN(C(=O)C1CCC(CN)O1)CC2. The summed E-state index contributed by atoms with van der Waals surface area (Å²) in [6.45, 7) is 2.29. The van der Waals surface area contributed by atoms with E-state index in [-0.39, 0.29) is 18.1 Å². The lowest BCUT2D eigenvalue weighted by atomic mass is 10.1. The van der Waals surface area contributed by atoms with Gasteiger partial charge in [0.15, 0.2) is 0 Å². The zero-order chi connectivity index (χ0) is 13.4. The van der Waals surface area contributed by atoms with Gasteiger partial charge in [0, 0.05) is 31.7 Å². The van der Waals surface area contributed by atoms with E-state index < -0.39 is 0 Å². The van der Waals surface area contributed by atoms with Gasteiger partial charge in [-0.25, -0.2) is 0 Å². The van der Waals surface area contributed by atoms with Crippen LogP contribution in [0.5, 0.6) is 0 Å². The maximum absolute atomic E-state index is 12.5. The van der Waals surface area contributed by atoms with Gasteiger partial charge in [0.1, 0.15) is 6.10 Å². The summed E-state index contributed by atoms with van der Waals surface area (Å²) in [5.74, 6) is 0.192. The van der Waals surface area contributed by atoms with E-state index in [1.165, 1.54) is 12.8 Å². The van der Waals surface area contributed by atoms with Gasteiger partial charge in [-0.15, -0.1) is 0 Å². The molecular weight excluding hydrogens is 242 g/mol. The molecule has 4 unspecified atom stereocenters. The molecule has 108 valence electrons. The fraction of sp³-hybridized carbons (Fsp3) is 0.929. The van der Waals surface area contributed by atoms with Gasteiger partial charge >= 0.3 is 0 Å². The van der Waals surface area contributed by atoms with Crippen LogP contribution >= 0.6 is 0 Å². The lowest BCUT2D eigenvalue weighted by Gasteiger charge is -2.28. The number of hydrogen-bond acceptors (Lipinski definition) is 4. The van der Waals surface area contributed by atoms with Crippen molar-refractivity contribution < 1.29 is 9.53 Å². The molecule has 0 aromatic heterocycles. The molecule has 0 aromatic rings. The van der Waals surface area contributed by atoms with E-state index in [9.17, 15) is 4.79 Å². The van der Waals surface area contributed by atoms with E-state index in [1.54, 1.807) is 0 Å². The van der Waals surface area contributed by atoms with Gasteiger partial charge < -0.3 is 15.4 Å². The van der Waals surface area contributed by atoms with Gasteiger partial charge in [-0.2, -0.15) is 0 Å². The van der Waals surface area contributed by atoms with Crippen LogP contribution in [0, 0.1) is 0 Å². The molecule has 1 amide bonds. The Balaban J connectivity index is 1.61. The molecule has 3 aliphatic heterocycles. The molecule has 0 saturated carbocycles.